The molecule has 3 amide bonds. The smallest absolute Gasteiger partial charge is 0.248 e. The molecule has 0 radical (unpaired) electrons. The van der Waals surface area contributed by atoms with Crippen molar-refractivity contribution in [3.63, 3.8) is 0 Å². The molecule has 0 aliphatic carbocycles. The molecule has 4 aromatic rings. The fourth-order valence-corrected chi connectivity index (χ4v) is 8.07. The summed E-state index contributed by atoms with van der Waals surface area (Å²) in [5.41, 5.74) is 1.36. The van der Waals surface area contributed by atoms with Gasteiger partial charge < -0.3 is 60.4 Å². The maximum absolute atomic E-state index is 14.8. The van der Waals surface area contributed by atoms with Gasteiger partial charge in [-0.05, 0) is 78.9 Å². The number of carbonyl (C=O) groups excluding carboxylic acids is 3. The number of halogens is 2. The zero-order valence-electron chi connectivity index (χ0n) is 34.5. The lowest BCUT2D eigenvalue weighted by molar-refractivity contribution is -0.141. The van der Waals surface area contributed by atoms with E-state index < -0.39 is 96.3 Å². The first-order valence-corrected chi connectivity index (χ1v) is 20.2. The number of hydrogen-bond acceptors (Lipinski definition) is 13. The van der Waals surface area contributed by atoms with E-state index in [-0.39, 0.29) is 61.7 Å². The minimum atomic E-state index is -1.33. The lowest BCUT2D eigenvalue weighted by Crippen LogP contribution is -2.59. The van der Waals surface area contributed by atoms with E-state index in [1.54, 1.807) is 37.1 Å². The number of likely N-dealkylation sites (N-methyl/N-ethyl adjacent to an activating group) is 2. The third kappa shape index (κ3) is 9.30. The monoisotopic (exact) mass is 842 g/mol. The van der Waals surface area contributed by atoms with Crippen LogP contribution in [0.5, 0.6) is 0 Å². The van der Waals surface area contributed by atoms with Crippen LogP contribution in [0.4, 0.5) is 8.78 Å². The quantitative estimate of drug-likeness (QED) is 0.0616. The lowest BCUT2D eigenvalue weighted by Gasteiger charge is -2.33. The van der Waals surface area contributed by atoms with Crippen LogP contribution in [0.15, 0.2) is 36.4 Å². The topological polar surface area (TPSA) is 243 Å². The van der Waals surface area contributed by atoms with Crippen molar-refractivity contribution in [3.05, 3.63) is 48.0 Å². The van der Waals surface area contributed by atoms with Crippen molar-refractivity contribution in [2.75, 3.05) is 27.2 Å². The van der Waals surface area contributed by atoms with Crippen LogP contribution in [0.25, 0.3) is 33.7 Å². The number of likely N-dealkylation sites (tertiary alicyclic amines) is 2. The van der Waals surface area contributed by atoms with E-state index in [1.807, 2.05) is 0 Å². The molecule has 0 spiro atoms. The van der Waals surface area contributed by atoms with E-state index in [9.17, 15) is 48.7 Å². The number of rotatable bonds is 16. The normalized spacial score (nSPS) is 23.1. The summed E-state index contributed by atoms with van der Waals surface area (Å²) in [6, 6.07) is 2.89. The molecule has 2 aromatic heterocycles. The molecule has 18 nitrogen and oxygen atoms in total. The third-order valence-corrected chi connectivity index (χ3v) is 11.7. The molecule has 0 bridgehead atoms. The molecular formula is C40H56F2N10O8. The van der Waals surface area contributed by atoms with Gasteiger partial charge in [0.25, 0.3) is 0 Å². The summed E-state index contributed by atoms with van der Waals surface area (Å²) in [6.07, 6.45) is -5.37. The Bertz CT molecular complexity index is 2180. The van der Waals surface area contributed by atoms with Gasteiger partial charge >= 0.3 is 0 Å². The molecule has 2 aliphatic heterocycles. The molecule has 6 rings (SSSR count). The highest BCUT2D eigenvalue weighted by Crippen LogP contribution is 2.33. The zero-order chi connectivity index (χ0) is 43.7. The molecule has 4 heterocycles. The van der Waals surface area contributed by atoms with E-state index in [0.29, 0.717) is 11.0 Å². The highest BCUT2D eigenvalue weighted by Gasteiger charge is 2.42. The van der Waals surface area contributed by atoms with E-state index in [1.165, 1.54) is 60.0 Å². The second kappa shape index (κ2) is 18.5. The second-order valence-electron chi connectivity index (χ2n) is 16.1. The predicted molar refractivity (Wildman–Crippen MR) is 216 cm³/mol. The molecule has 328 valence electrons. The maximum Gasteiger partial charge on any atom is 0.248 e. The minimum absolute atomic E-state index is 0.00686. The average Bonchev–Trinajstić information content (AvgIpc) is 3.96. The number of hydrogen-bond donors (Lipinski definition) is 9. The molecule has 2 aliphatic rings. The minimum Gasteiger partial charge on any atom is -0.391 e. The van der Waals surface area contributed by atoms with Crippen LogP contribution < -0.4 is 21.3 Å². The van der Waals surface area contributed by atoms with Crippen molar-refractivity contribution in [3.8, 4) is 11.6 Å². The highest BCUT2D eigenvalue weighted by molar-refractivity contribution is 5.90. The summed E-state index contributed by atoms with van der Waals surface area (Å²) >= 11 is 0. The Kier molecular flexibility index (Phi) is 13.9. The third-order valence-electron chi connectivity index (χ3n) is 11.7. The molecule has 2 fully saturated rings. The van der Waals surface area contributed by atoms with E-state index >= 15 is 0 Å². The highest BCUT2D eigenvalue weighted by atomic mass is 19.1. The number of amides is 3. The number of benzene rings is 2. The van der Waals surface area contributed by atoms with Gasteiger partial charge in [0.05, 0.1) is 64.6 Å². The van der Waals surface area contributed by atoms with Gasteiger partial charge in [-0.2, -0.15) is 0 Å². The summed E-state index contributed by atoms with van der Waals surface area (Å²) in [5, 5.41) is 65.0. The second-order valence-corrected chi connectivity index (χ2v) is 16.1. The van der Waals surface area contributed by atoms with Crippen molar-refractivity contribution in [2.24, 2.45) is 0 Å². The van der Waals surface area contributed by atoms with Crippen molar-refractivity contribution in [2.45, 2.75) is 121 Å². The number of aliphatic hydroxyl groups is 5. The first-order valence-electron chi connectivity index (χ1n) is 20.2. The molecule has 2 aromatic carbocycles. The van der Waals surface area contributed by atoms with Gasteiger partial charge in [0, 0.05) is 44.4 Å². The number of imidazole rings is 2. The fraction of sp³-hybridized carbons (Fsp3) is 0.575. The number of carbonyl (C=O) groups is 3. The summed E-state index contributed by atoms with van der Waals surface area (Å²) in [5.74, 6) is -2.46. The van der Waals surface area contributed by atoms with Crippen LogP contribution in [0, 0.1) is 11.6 Å². The van der Waals surface area contributed by atoms with Gasteiger partial charge in [0.1, 0.15) is 29.9 Å². The maximum atomic E-state index is 14.8. The molecule has 20 heteroatoms. The predicted octanol–water partition coefficient (Wildman–Crippen LogP) is -1.01. The van der Waals surface area contributed by atoms with Gasteiger partial charge in [0.15, 0.2) is 11.6 Å². The number of β-amino-alcohol motifs (C(OH)–C–C–N with tert-alkyl or cyclic N) is 2. The van der Waals surface area contributed by atoms with Crippen LogP contribution >= 0.6 is 0 Å². The molecule has 60 heavy (non-hydrogen) atoms. The van der Waals surface area contributed by atoms with Gasteiger partial charge in [-0.3, -0.25) is 19.7 Å². The molecule has 2 saturated heterocycles. The Morgan fingerprint density at radius 2 is 1.18 bits per heavy atom. The summed E-state index contributed by atoms with van der Waals surface area (Å²) in [7, 11) is 3.22. The SMILES string of the molecule is CN[C@H](C)C(=O)N[C@@H](C(=O)N1CC(O)C[C@H]1Cn1c(-c2nc3cc(F)ccc3n2C[C@@H]2CC(O)CN2C(=O)[C@H](NC(O)[C@@H](C)NC)[C@H](C)O)nc2cc(F)ccc21)C(C)O. The van der Waals surface area contributed by atoms with E-state index in [4.69, 9.17) is 9.97 Å². The first-order chi connectivity index (χ1) is 28.4. The van der Waals surface area contributed by atoms with Gasteiger partial charge in [-0.25, -0.2) is 18.7 Å². The van der Waals surface area contributed by atoms with Crippen LogP contribution in [0.2, 0.25) is 0 Å². The molecule has 9 N–H and O–H groups in total. The zero-order valence-corrected chi connectivity index (χ0v) is 34.5. The van der Waals surface area contributed by atoms with E-state index in [2.05, 4.69) is 21.3 Å². The lowest BCUT2D eigenvalue weighted by atomic mass is 10.1. The van der Waals surface area contributed by atoms with Gasteiger partial charge in [-0.1, -0.05) is 0 Å². The van der Waals surface area contributed by atoms with Crippen molar-refractivity contribution in [1.29, 1.82) is 0 Å². The Balaban J connectivity index is 1.41. The summed E-state index contributed by atoms with van der Waals surface area (Å²) in [6.45, 7) is 5.92. The Labute approximate surface area is 345 Å². The average molecular weight is 843 g/mol. The van der Waals surface area contributed by atoms with Crippen molar-refractivity contribution in [1.82, 2.24) is 50.2 Å². The van der Waals surface area contributed by atoms with Crippen molar-refractivity contribution < 1.29 is 48.7 Å². The standard InChI is InChI=1S/C40H56F2N10O8/c1-19(43-5)37(57)47-33(21(3)53)39(59)49-17-27(55)13-25(49)15-51-31-9-7-23(41)11-29(31)45-35(51)36-46-30-12-24(42)8-10-32(30)52(36)16-26-14-28(56)18-50(26)40(60)34(22(4)54)48-38(58)20(2)44-6/h7-12,19-22,25-28,33-34,37,43-44,47,53-57H,13-18H2,1-6H3,(H,48,58)/t19-,20-,21+,22?,25+,26+,27?,28?,33-,34-,37?/m1/s1. The molecule has 11 atom stereocenters. The van der Waals surface area contributed by atoms with E-state index in [0.717, 1.165) is 0 Å². The van der Waals surface area contributed by atoms with Crippen molar-refractivity contribution >= 4 is 39.8 Å². The number of nitrogens with one attached hydrogen (secondary N) is 4. The summed E-state index contributed by atoms with van der Waals surface area (Å²) in [4.78, 5) is 53.5. The molecule has 0 saturated carbocycles. The Morgan fingerprint density at radius 1 is 0.733 bits per heavy atom. The Morgan fingerprint density at radius 3 is 1.60 bits per heavy atom. The van der Waals surface area contributed by atoms with Crippen LogP contribution in [0.1, 0.15) is 40.5 Å². The number of aromatic nitrogens is 4. The van der Waals surface area contributed by atoms with Gasteiger partial charge in [-0.15, -0.1) is 0 Å². The number of aliphatic hydroxyl groups excluding tert-OH is 5. The molecular weight excluding hydrogens is 786 g/mol. The van der Waals surface area contributed by atoms with Gasteiger partial charge in [0.2, 0.25) is 17.7 Å². The summed E-state index contributed by atoms with van der Waals surface area (Å²) < 4.78 is 33.0. The van der Waals surface area contributed by atoms with Crippen LogP contribution in [0.3, 0.4) is 0 Å². The van der Waals surface area contributed by atoms with Crippen LogP contribution in [-0.2, 0) is 27.5 Å². The van der Waals surface area contributed by atoms with Crippen LogP contribution in [-0.4, -0.2) is 166 Å². The fourth-order valence-electron chi connectivity index (χ4n) is 8.07. The molecule has 4 unspecified atom stereocenters. The first kappa shape index (κ1) is 44.9. The number of nitrogens with zero attached hydrogens (tertiary/aromatic N) is 6. The Hall–Kier alpha value is -4.67. The largest absolute Gasteiger partial charge is 0.391 e. The number of fused-ring (bicyclic) bond motifs is 2.